The molecule has 0 amide bonds. The Bertz CT molecular complexity index is 556. The van der Waals surface area contributed by atoms with E-state index in [1.54, 1.807) is 11.3 Å². The van der Waals surface area contributed by atoms with Crippen LogP contribution in [-0.4, -0.2) is 30.4 Å². The van der Waals surface area contributed by atoms with Gasteiger partial charge in [0.05, 0.1) is 17.6 Å². The Balaban J connectivity index is 1.70. The van der Waals surface area contributed by atoms with Crippen LogP contribution in [0.1, 0.15) is 43.0 Å². The molecule has 1 unspecified atom stereocenters. The van der Waals surface area contributed by atoms with E-state index in [-0.39, 0.29) is 17.6 Å². The number of hydrogen-bond donors (Lipinski definition) is 2. The minimum absolute atomic E-state index is 0.0870. The second-order valence-corrected chi connectivity index (χ2v) is 8.73. The zero-order valence-electron chi connectivity index (χ0n) is 12.3. The molecule has 0 radical (unpaired) electrons. The van der Waals surface area contributed by atoms with Gasteiger partial charge in [0.15, 0.2) is 0 Å². The normalized spacial score (nSPS) is 37.5. The molecule has 2 fully saturated rings. The van der Waals surface area contributed by atoms with Crippen LogP contribution >= 0.6 is 22.9 Å². The molecule has 1 spiro atoms. The van der Waals surface area contributed by atoms with Crippen molar-refractivity contribution in [3.63, 3.8) is 0 Å². The van der Waals surface area contributed by atoms with Gasteiger partial charge >= 0.3 is 0 Å². The molecule has 116 valence electrons. The van der Waals surface area contributed by atoms with Crippen LogP contribution in [0.3, 0.4) is 0 Å². The Morgan fingerprint density at radius 3 is 3.00 bits per heavy atom. The number of aliphatic hydroxyl groups is 1. The number of ether oxygens (including phenoxy) is 1. The Hall–Kier alpha value is -0.130. The summed E-state index contributed by atoms with van der Waals surface area (Å²) in [4.78, 5) is 1.34. The lowest BCUT2D eigenvalue weighted by Crippen LogP contribution is -2.56. The van der Waals surface area contributed by atoms with Crippen molar-refractivity contribution in [3.05, 3.63) is 20.8 Å². The summed E-state index contributed by atoms with van der Waals surface area (Å²) in [5, 5.41) is 13.5. The molecule has 3 atom stereocenters. The summed E-state index contributed by atoms with van der Waals surface area (Å²) in [5.41, 5.74) is 1.27. The summed E-state index contributed by atoms with van der Waals surface area (Å²) >= 11 is 7.95. The molecule has 1 saturated carbocycles. The van der Waals surface area contributed by atoms with Crippen LogP contribution < -0.4 is 5.32 Å². The van der Waals surface area contributed by atoms with Crippen molar-refractivity contribution in [2.24, 2.45) is 5.41 Å². The first kappa shape index (κ1) is 14.5. The fourth-order valence-corrected chi connectivity index (χ4v) is 5.69. The van der Waals surface area contributed by atoms with Gasteiger partial charge < -0.3 is 15.2 Å². The van der Waals surface area contributed by atoms with E-state index in [2.05, 4.69) is 18.3 Å². The van der Waals surface area contributed by atoms with Crippen molar-refractivity contribution in [3.8, 4) is 0 Å². The maximum atomic E-state index is 9.78. The van der Waals surface area contributed by atoms with E-state index in [0.717, 1.165) is 43.0 Å². The third-order valence-corrected chi connectivity index (χ3v) is 7.04. The summed E-state index contributed by atoms with van der Waals surface area (Å²) < 4.78 is 7.22. The summed E-state index contributed by atoms with van der Waals surface area (Å²) in [5.74, 6) is 0. The highest BCUT2D eigenvalue weighted by Crippen LogP contribution is 2.55. The van der Waals surface area contributed by atoms with Gasteiger partial charge in [0.25, 0.3) is 0 Å². The molecule has 3 nitrogen and oxygen atoms in total. The predicted molar refractivity (Wildman–Crippen MR) is 85.0 cm³/mol. The maximum Gasteiger partial charge on any atom is 0.106 e. The standard InChI is InChI=1S/C16H22ClNO2S/c1-10-7-16(8-12(18-10)15(9-19)3-4-15)14-11(2-5-20-16)6-13(17)21-14/h6,10,12,18-19H,2-5,7-9H2,1H3/t10-,12?,16-/m0/s1. The van der Waals surface area contributed by atoms with Gasteiger partial charge in [-0.3, -0.25) is 0 Å². The van der Waals surface area contributed by atoms with Gasteiger partial charge in [0, 0.05) is 22.4 Å². The average molecular weight is 328 g/mol. The molecule has 3 heterocycles. The van der Waals surface area contributed by atoms with Gasteiger partial charge in [-0.15, -0.1) is 11.3 Å². The fourth-order valence-electron chi connectivity index (χ4n) is 4.23. The van der Waals surface area contributed by atoms with Gasteiger partial charge in [0.1, 0.15) is 5.60 Å². The molecular weight excluding hydrogens is 306 g/mol. The third-order valence-electron chi connectivity index (χ3n) is 5.54. The smallest absolute Gasteiger partial charge is 0.106 e. The molecule has 3 aliphatic rings. The Morgan fingerprint density at radius 1 is 1.48 bits per heavy atom. The molecule has 2 aliphatic heterocycles. The highest BCUT2D eigenvalue weighted by Gasteiger charge is 2.55. The van der Waals surface area contributed by atoms with E-state index in [0.29, 0.717) is 12.1 Å². The highest BCUT2D eigenvalue weighted by molar-refractivity contribution is 7.16. The lowest BCUT2D eigenvalue weighted by molar-refractivity contribution is -0.104. The number of hydrogen-bond acceptors (Lipinski definition) is 4. The fraction of sp³-hybridized carbons (Fsp3) is 0.750. The summed E-state index contributed by atoms with van der Waals surface area (Å²) in [7, 11) is 0. The van der Waals surface area contributed by atoms with Crippen LogP contribution in [0.2, 0.25) is 4.34 Å². The van der Waals surface area contributed by atoms with Gasteiger partial charge in [-0.2, -0.15) is 0 Å². The number of piperidine rings is 1. The summed E-state index contributed by atoms with van der Waals surface area (Å²) in [6, 6.07) is 2.87. The first-order chi connectivity index (χ1) is 10.1. The largest absolute Gasteiger partial charge is 0.396 e. The number of aliphatic hydroxyl groups excluding tert-OH is 1. The summed E-state index contributed by atoms with van der Waals surface area (Å²) in [6.45, 7) is 3.30. The number of rotatable bonds is 2. The number of halogens is 1. The van der Waals surface area contributed by atoms with Crippen LogP contribution in [0.15, 0.2) is 6.07 Å². The Morgan fingerprint density at radius 2 is 2.29 bits per heavy atom. The van der Waals surface area contributed by atoms with Gasteiger partial charge in [-0.25, -0.2) is 0 Å². The lowest BCUT2D eigenvalue weighted by atomic mass is 9.75. The van der Waals surface area contributed by atoms with Crippen molar-refractivity contribution in [1.82, 2.24) is 5.32 Å². The van der Waals surface area contributed by atoms with Crippen molar-refractivity contribution in [2.75, 3.05) is 13.2 Å². The van der Waals surface area contributed by atoms with Crippen LogP contribution in [0, 0.1) is 5.41 Å². The molecule has 1 aromatic rings. The first-order valence-corrected chi connectivity index (χ1v) is 9.06. The quantitative estimate of drug-likeness (QED) is 0.877. The molecule has 0 aromatic carbocycles. The van der Waals surface area contributed by atoms with Crippen LogP contribution in [0.25, 0.3) is 0 Å². The van der Waals surface area contributed by atoms with E-state index < -0.39 is 0 Å². The Kier molecular flexibility index (Phi) is 3.40. The zero-order valence-corrected chi connectivity index (χ0v) is 13.9. The molecule has 21 heavy (non-hydrogen) atoms. The van der Waals surface area contributed by atoms with Gasteiger partial charge in [0.2, 0.25) is 0 Å². The lowest BCUT2D eigenvalue weighted by Gasteiger charge is -2.48. The summed E-state index contributed by atoms with van der Waals surface area (Å²) in [6.07, 6.45) is 5.18. The maximum absolute atomic E-state index is 9.78. The molecule has 2 N–H and O–H groups in total. The van der Waals surface area contributed by atoms with E-state index in [4.69, 9.17) is 16.3 Å². The molecule has 4 rings (SSSR count). The molecule has 0 bridgehead atoms. The van der Waals surface area contributed by atoms with E-state index in [1.165, 1.54) is 10.4 Å². The number of nitrogens with one attached hydrogen (secondary N) is 1. The van der Waals surface area contributed by atoms with Crippen molar-refractivity contribution < 1.29 is 9.84 Å². The third kappa shape index (κ3) is 2.27. The molecule has 1 aliphatic carbocycles. The monoisotopic (exact) mass is 327 g/mol. The highest BCUT2D eigenvalue weighted by atomic mass is 35.5. The van der Waals surface area contributed by atoms with Crippen LogP contribution in [0.4, 0.5) is 0 Å². The molecule has 5 heteroatoms. The van der Waals surface area contributed by atoms with E-state index in [1.807, 2.05) is 0 Å². The predicted octanol–water partition coefficient (Wildman–Crippen LogP) is 3.08. The van der Waals surface area contributed by atoms with E-state index in [9.17, 15) is 5.11 Å². The minimum Gasteiger partial charge on any atom is -0.396 e. The first-order valence-electron chi connectivity index (χ1n) is 7.86. The van der Waals surface area contributed by atoms with Crippen LogP contribution in [-0.2, 0) is 16.8 Å². The second-order valence-electron chi connectivity index (χ2n) is 7.05. The van der Waals surface area contributed by atoms with Gasteiger partial charge in [-0.1, -0.05) is 11.6 Å². The minimum atomic E-state index is -0.189. The van der Waals surface area contributed by atoms with Crippen LogP contribution in [0.5, 0.6) is 0 Å². The SMILES string of the molecule is C[C@H]1C[C@@]2(CC(C3(CO)CC3)N1)OCCc1cc(Cl)sc12. The molecule has 1 aromatic heterocycles. The zero-order chi connectivity index (χ0) is 14.7. The van der Waals surface area contributed by atoms with Crippen molar-refractivity contribution in [2.45, 2.75) is 56.7 Å². The molecular formula is C16H22ClNO2S. The topological polar surface area (TPSA) is 41.5 Å². The van der Waals surface area contributed by atoms with E-state index >= 15 is 0 Å². The number of fused-ring (bicyclic) bond motifs is 2. The van der Waals surface area contributed by atoms with Crippen molar-refractivity contribution in [1.29, 1.82) is 0 Å². The number of thiophene rings is 1. The second kappa shape index (κ2) is 4.93. The molecule has 1 saturated heterocycles. The Labute approximate surface area is 134 Å². The average Bonchev–Trinajstić information content (AvgIpc) is 3.15. The van der Waals surface area contributed by atoms with Crippen molar-refractivity contribution >= 4 is 22.9 Å². The van der Waals surface area contributed by atoms with Gasteiger partial charge in [-0.05, 0) is 50.7 Å².